The summed E-state index contributed by atoms with van der Waals surface area (Å²) in [6, 6.07) is 2.15. The zero-order chi connectivity index (χ0) is 10.7. The van der Waals surface area contributed by atoms with Gasteiger partial charge in [0.2, 0.25) is 0 Å². The second-order valence-corrected chi connectivity index (χ2v) is 3.97. The Bertz CT molecular complexity index is 339. The minimum absolute atomic E-state index is 0.221. The number of hydrogen-bond donors (Lipinski definition) is 2. The molecule has 1 aromatic rings. The summed E-state index contributed by atoms with van der Waals surface area (Å²) >= 11 is 0. The van der Waals surface area contributed by atoms with Crippen LogP contribution in [-0.2, 0) is 6.54 Å². The highest BCUT2D eigenvalue weighted by Gasteiger charge is 2.15. The first-order valence-corrected chi connectivity index (χ1v) is 5.30. The Hall–Kier alpha value is -1.29. The van der Waals surface area contributed by atoms with Gasteiger partial charge in [0, 0.05) is 6.04 Å². The molecule has 2 N–H and O–H groups in total. The number of furan rings is 1. The predicted molar refractivity (Wildman–Crippen MR) is 54.8 cm³/mol. The van der Waals surface area contributed by atoms with E-state index < -0.39 is 5.97 Å². The van der Waals surface area contributed by atoms with Gasteiger partial charge in [0.05, 0.1) is 12.1 Å². The second kappa shape index (κ2) is 4.49. The van der Waals surface area contributed by atoms with Gasteiger partial charge in [0.15, 0.2) is 0 Å². The summed E-state index contributed by atoms with van der Waals surface area (Å²) in [7, 11) is 0. The Morgan fingerprint density at radius 3 is 2.87 bits per heavy atom. The third-order valence-corrected chi connectivity index (χ3v) is 2.82. The molecule has 1 aliphatic rings. The molecule has 0 saturated heterocycles. The van der Waals surface area contributed by atoms with Gasteiger partial charge in [-0.05, 0) is 18.9 Å². The highest BCUT2D eigenvalue weighted by Crippen LogP contribution is 2.18. The molecule has 0 atom stereocenters. The van der Waals surface area contributed by atoms with E-state index in [4.69, 9.17) is 9.52 Å². The van der Waals surface area contributed by atoms with Crippen LogP contribution in [0.4, 0.5) is 0 Å². The quantitative estimate of drug-likeness (QED) is 0.796. The molecule has 0 spiro atoms. The van der Waals surface area contributed by atoms with E-state index in [9.17, 15) is 4.79 Å². The predicted octanol–water partition coefficient (Wildman–Crippen LogP) is 2.01. The fourth-order valence-corrected chi connectivity index (χ4v) is 1.96. The van der Waals surface area contributed by atoms with Crippen LogP contribution in [0.3, 0.4) is 0 Å². The molecule has 82 valence electrons. The van der Waals surface area contributed by atoms with E-state index in [-0.39, 0.29) is 5.56 Å². The molecule has 1 heterocycles. The Morgan fingerprint density at radius 2 is 2.27 bits per heavy atom. The molecular formula is C11H15NO3. The highest BCUT2D eigenvalue weighted by molar-refractivity contribution is 5.87. The van der Waals surface area contributed by atoms with Gasteiger partial charge in [-0.25, -0.2) is 4.79 Å². The summed E-state index contributed by atoms with van der Waals surface area (Å²) in [5.41, 5.74) is 0.221. The molecule has 2 rings (SSSR count). The fraction of sp³-hybridized carbons (Fsp3) is 0.545. The van der Waals surface area contributed by atoms with E-state index in [0.717, 1.165) is 0 Å². The summed E-state index contributed by atoms with van der Waals surface area (Å²) in [4.78, 5) is 10.6. The van der Waals surface area contributed by atoms with Crippen molar-refractivity contribution in [3.05, 3.63) is 23.7 Å². The number of carboxylic acid groups (broad SMARTS) is 1. The minimum Gasteiger partial charge on any atom is -0.478 e. The van der Waals surface area contributed by atoms with Crippen LogP contribution in [0, 0.1) is 0 Å². The molecule has 1 saturated carbocycles. The molecule has 0 bridgehead atoms. The number of carboxylic acids is 1. The van der Waals surface area contributed by atoms with Crippen molar-refractivity contribution in [3.63, 3.8) is 0 Å². The smallest absolute Gasteiger partial charge is 0.338 e. The summed E-state index contributed by atoms with van der Waals surface area (Å²) in [5.74, 6) is -0.245. The minimum atomic E-state index is -0.939. The molecule has 0 amide bonds. The topological polar surface area (TPSA) is 62.5 Å². The first-order valence-electron chi connectivity index (χ1n) is 5.30. The van der Waals surface area contributed by atoms with Crippen LogP contribution >= 0.6 is 0 Å². The number of carbonyl (C=O) groups is 1. The number of rotatable bonds is 4. The maximum absolute atomic E-state index is 10.6. The molecule has 4 heteroatoms. The van der Waals surface area contributed by atoms with Crippen molar-refractivity contribution in [2.75, 3.05) is 0 Å². The van der Waals surface area contributed by atoms with Crippen molar-refractivity contribution in [3.8, 4) is 0 Å². The first-order chi connectivity index (χ1) is 7.25. The largest absolute Gasteiger partial charge is 0.478 e. The maximum atomic E-state index is 10.6. The first kappa shape index (κ1) is 10.2. The molecule has 1 aliphatic carbocycles. The number of nitrogens with one attached hydrogen (secondary N) is 1. The maximum Gasteiger partial charge on any atom is 0.338 e. The van der Waals surface area contributed by atoms with Crippen LogP contribution in [0.5, 0.6) is 0 Å². The van der Waals surface area contributed by atoms with Gasteiger partial charge >= 0.3 is 5.97 Å². The zero-order valence-corrected chi connectivity index (χ0v) is 8.53. The lowest BCUT2D eigenvalue weighted by molar-refractivity contribution is 0.0696. The molecule has 0 aromatic carbocycles. The number of aromatic carboxylic acids is 1. The lowest BCUT2D eigenvalue weighted by Gasteiger charge is -2.09. The average Bonchev–Trinajstić information content (AvgIpc) is 2.86. The van der Waals surface area contributed by atoms with E-state index in [1.807, 2.05) is 0 Å². The Balaban J connectivity index is 1.84. The van der Waals surface area contributed by atoms with Gasteiger partial charge in [0.1, 0.15) is 12.0 Å². The third kappa shape index (κ3) is 2.59. The molecule has 0 aliphatic heterocycles. The van der Waals surface area contributed by atoms with Gasteiger partial charge in [-0.15, -0.1) is 0 Å². The monoisotopic (exact) mass is 209 g/mol. The van der Waals surface area contributed by atoms with E-state index in [1.54, 1.807) is 6.07 Å². The van der Waals surface area contributed by atoms with Crippen molar-refractivity contribution in [1.29, 1.82) is 0 Å². The van der Waals surface area contributed by atoms with Crippen LogP contribution < -0.4 is 5.32 Å². The van der Waals surface area contributed by atoms with Gasteiger partial charge in [-0.1, -0.05) is 12.8 Å². The van der Waals surface area contributed by atoms with Gasteiger partial charge in [0.25, 0.3) is 0 Å². The molecule has 1 aromatic heterocycles. The van der Waals surface area contributed by atoms with Crippen LogP contribution in [0.15, 0.2) is 16.7 Å². The Kier molecular flexibility index (Phi) is 3.06. The van der Waals surface area contributed by atoms with E-state index >= 15 is 0 Å². The lowest BCUT2D eigenvalue weighted by atomic mass is 10.2. The van der Waals surface area contributed by atoms with Crippen LogP contribution in [-0.4, -0.2) is 17.1 Å². The Labute approximate surface area is 88.3 Å². The SMILES string of the molecule is O=C(O)c1coc(CNC2CCCC2)c1. The lowest BCUT2D eigenvalue weighted by Crippen LogP contribution is -2.24. The van der Waals surface area contributed by atoms with Crippen LogP contribution in [0.1, 0.15) is 41.8 Å². The van der Waals surface area contributed by atoms with Crippen molar-refractivity contribution in [1.82, 2.24) is 5.32 Å². The number of hydrogen-bond acceptors (Lipinski definition) is 3. The second-order valence-electron chi connectivity index (χ2n) is 3.97. The Morgan fingerprint density at radius 1 is 1.53 bits per heavy atom. The summed E-state index contributed by atoms with van der Waals surface area (Å²) in [5, 5.41) is 12.1. The summed E-state index contributed by atoms with van der Waals surface area (Å²) < 4.78 is 5.14. The summed E-state index contributed by atoms with van der Waals surface area (Å²) in [6.07, 6.45) is 6.29. The summed E-state index contributed by atoms with van der Waals surface area (Å²) in [6.45, 7) is 0.623. The van der Waals surface area contributed by atoms with Crippen molar-refractivity contribution < 1.29 is 14.3 Å². The van der Waals surface area contributed by atoms with Gasteiger partial charge < -0.3 is 14.8 Å². The van der Waals surface area contributed by atoms with Crippen molar-refractivity contribution in [2.24, 2.45) is 0 Å². The molecule has 0 radical (unpaired) electrons. The van der Waals surface area contributed by atoms with Crippen molar-refractivity contribution >= 4 is 5.97 Å². The molecular weight excluding hydrogens is 194 g/mol. The van der Waals surface area contributed by atoms with E-state index in [1.165, 1.54) is 31.9 Å². The van der Waals surface area contributed by atoms with Gasteiger partial charge in [-0.2, -0.15) is 0 Å². The van der Waals surface area contributed by atoms with E-state index in [0.29, 0.717) is 18.3 Å². The van der Waals surface area contributed by atoms with Crippen LogP contribution in [0.2, 0.25) is 0 Å². The van der Waals surface area contributed by atoms with Crippen LogP contribution in [0.25, 0.3) is 0 Å². The highest BCUT2D eigenvalue weighted by atomic mass is 16.4. The molecule has 1 fully saturated rings. The van der Waals surface area contributed by atoms with E-state index in [2.05, 4.69) is 5.32 Å². The van der Waals surface area contributed by atoms with Gasteiger partial charge in [-0.3, -0.25) is 0 Å². The van der Waals surface area contributed by atoms with Crippen molar-refractivity contribution in [2.45, 2.75) is 38.3 Å². The molecule has 4 nitrogen and oxygen atoms in total. The molecule has 15 heavy (non-hydrogen) atoms. The average molecular weight is 209 g/mol. The normalized spacial score (nSPS) is 17.1. The zero-order valence-electron chi connectivity index (χ0n) is 8.53. The fourth-order valence-electron chi connectivity index (χ4n) is 1.96. The molecule has 0 unspecified atom stereocenters. The third-order valence-electron chi connectivity index (χ3n) is 2.82. The standard InChI is InChI=1S/C11H15NO3/c13-11(14)8-5-10(15-7-8)6-12-9-3-1-2-4-9/h5,7,9,12H,1-4,6H2,(H,13,14).